The summed E-state index contributed by atoms with van der Waals surface area (Å²) in [6, 6.07) is 7.33. The Morgan fingerprint density at radius 3 is 3.00 bits per heavy atom. The molecule has 0 bridgehead atoms. The number of carbonyl (C=O) groups is 2. The molecule has 0 radical (unpaired) electrons. The van der Waals surface area contributed by atoms with Crippen molar-refractivity contribution in [2.75, 3.05) is 6.54 Å². The standard InChI is InChI=1S/C14H17BrN2O3/c1-9(20-12-4-2-3-10(15)7-12)14(19)17-11-5-6-13(18)16-8-11/h2-4,7,9,11H,5-6,8H2,1H3,(H,16,18)(H,17,19)/t9-,11-/m1/s1. The number of ether oxygens (including phenoxy) is 1. The van der Waals surface area contributed by atoms with Crippen molar-refractivity contribution in [3.63, 3.8) is 0 Å². The van der Waals surface area contributed by atoms with Crippen LogP contribution in [-0.2, 0) is 9.59 Å². The van der Waals surface area contributed by atoms with E-state index in [0.717, 1.165) is 4.47 Å². The molecule has 1 aliphatic heterocycles. The van der Waals surface area contributed by atoms with Crippen molar-refractivity contribution in [1.82, 2.24) is 10.6 Å². The van der Waals surface area contributed by atoms with Gasteiger partial charge in [0, 0.05) is 23.5 Å². The summed E-state index contributed by atoms with van der Waals surface area (Å²) in [5.41, 5.74) is 0. The molecule has 20 heavy (non-hydrogen) atoms. The number of rotatable bonds is 4. The molecule has 1 aliphatic rings. The molecule has 2 N–H and O–H groups in total. The number of benzene rings is 1. The summed E-state index contributed by atoms with van der Waals surface area (Å²) in [6.45, 7) is 2.19. The van der Waals surface area contributed by atoms with Gasteiger partial charge in [-0.25, -0.2) is 0 Å². The van der Waals surface area contributed by atoms with Crippen molar-refractivity contribution in [2.45, 2.75) is 31.9 Å². The number of hydrogen-bond acceptors (Lipinski definition) is 3. The monoisotopic (exact) mass is 340 g/mol. The molecule has 2 amide bonds. The van der Waals surface area contributed by atoms with Crippen molar-refractivity contribution < 1.29 is 14.3 Å². The van der Waals surface area contributed by atoms with Crippen LogP contribution < -0.4 is 15.4 Å². The highest BCUT2D eigenvalue weighted by molar-refractivity contribution is 9.10. The number of carbonyl (C=O) groups excluding carboxylic acids is 2. The molecule has 108 valence electrons. The Morgan fingerprint density at radius 1 is 1.55 bits per heavy atom. The minimum atomic E-state index is -0.582. The summed E-state index contributed by atoms with van der Waals surface area (Å²) < 4.78 is 6.49. The van der Waals surface area contributed by atoms with Crippen LogP contribution in [0.15, 0.2) is 28.7 Å². The predicted molar refractivity (Wildman–Crippen MR) is 78.4 cm³/mol. The largest absolute Gasteiger partial charge is 0.481 e. The van der Waals surface area contributed by atoms with Crippen molar-refractivity contribution in [3.05, 3.63) is 28.7 Å². The summed E-state index contributed by atoms with van der Waals surface area (Å²) in [4.78, 5) is 23.1. The van der Waals surface area contributed by atoms with Gasteiger partial charge in [0.05, 0.1) is 0 Å². The van der Waals surface area contributed by atoms with E-state index in [-0.39, 0.29) is 17.9 Å². The van der Waals surface area contributed by atoms with Crippen LogP contribution in [-0.4, -0.2) is 30.5 Å². The van der Waals surface area contributed by atoms with Gasteiger partial charge in [-0.1, -0.05) is 22.0 Å². The summed E-state index contributed by atoms with van der Waals surface area (Å²) in [5, 5.41) is 5.62. The molecule has 1 aromatic carbocycles. The molecule has 0 spiro atoms. The molecule has 5 nitrogen and oxygen atoms in total. The van der Waals surface area contributed by atoms with E-state index in [1.807, 2.05) is 18.2 Å². The maximum atomic E-state index is 12.0. The fourth-order valence-corrected chi connectivity index (χ4v) is 2.35. The fraction of sp³-hybridized carbons (Fsp3) is 0.429. The first-order chi connectivity index (χ1) is 9.54. The molecule has 0 aliphatic carbocycles. The third-order valence-electron chi connectivity index (χ3n) is 3.09. The average molecular weight is 341 g/mol. The molecule has 6 heteroatoms. The smallest absolute Gasteiger partial charge is 0.261 e. The Kier molecular flexibility index (Phi) is 5.00. The number of halogens is 1. The van der Waals surface area contributed by atoms with E-state index in [2.05, 4.69) is 26.6 Å². The maximum Gasteiger partial charge on any atom is 0.261 e. The van der Waals surface area contributed by atoms with Crippen LogP contribution in [0.5, 0.6) is 5.75 Å². The maximum absolute atomic E-state index is 12.0. The molecule has 1 aromatic rings. The zero-order valence-electron chi connectivity index (χ0n) is 11.2. The van der Waals surface area contributed by atoms with Gasteiger partial charge in [0.2, 0.25) is 5.91 Å². The number of piperidine rings is 1. The lowest BCUT2D eigenvalue weighted by atomic mass is 10.1. The number of amides is 2. The van der Waals surface area contributed by atoms with Gasteiger partial charge in [0.25, 0.3) is 5.91 Å². The summed E-state index contributed by atoms with van der Waals surface area (Å²) in [6.07, 6.45) is 0.537. The predicted octanol–water partition coefficient (Wildman–Crippen LogP) is 1.61. The van der Waals surface area contributed by atoms with E-state index in [9.17, 15) is 9.59 Å². The van der Waals surface area contributed by atoms with Gasteiger partial charge in [-0.3, -0.25) is 9.59 Å². The first-order valence-electron chi connectivity index (χ1n) is 6.54. The van der Waals surface area contributed by atoms with E-state index in [1.165, 1.54) is 0 Å². The Morgan fingerprint density at radius 2 is 2.35 bits per heavy atom. The highest BCUT2D eigenvalue weighted by Crippen LogP contribution is 2.19. The minimum Gasteiger partial charge on any atom is -0.481 e. The molecule has 0 unspecified atom stereocenters. The molecule has 1 heterocycles. The van der Waals surface area contributed by atoms with E-state index < -0.39 is 6.10 Å². The minimum absolute atomic E-state index is 0.0197. The SMILES string of the molecule is C[C@@H](Oc1cccc(Br)c1)C(=O)N[C@@H]1CCC(=O)NC1. The van der Waals surface area contributed by atoms with Crippen molar-refractivity contribution in [2.24, 2.45) is 0 Å². The van der Waals surface area contributed by atoms with Crippen LogP contribution in [0.25, 0.3) is 0 Å². The van der Waals surface area contributed by atoms with Crippen molar-refractivity contribution >= 4 is 27.7 Å². The average Bonchev–Trinajstić information content (AvgIpc) is 2.41. The van der Waals surface area contributed by atoms with Crippen molar-refractivity contribution in [1.29, 1.82) is 0 Å². The van der Waals surface area contributed by atoms with Crippen LogP contribution in [0.2, 0.25) is 0 Å². The second-order valence-corrected chi connectivity index (χ2v) is 5.68. The van der Waals surface area contributed by atoms with Gasteiger partial charge in [-0.15, -0.1) is 0 Å². The van der Waals surface area contributed by atoms with E-state index in [0.29, 0.717) is 25.1 Å². The number of nitrogens with one attached hydrogen (secondary N) is 2. The van der Waals surface area contributed by atoms with Crippen LogP contribution in [0.3, 0.4) is 0 Å². The van der Waals surface area contributed by atoms with Crippen LogP contribution >= 0.6 is 15.9 Å². The first-order valence-corrected chi connectivity index (χ1v) is 7.33. The molecule has 2 atom stereocenters. The third-order valence-corrected chi connectivity index (χ3v) is 3.58. The van der Waals surface area contributed by atoms with E-state index >= 15 is 0 Å². The van der Waals surface area contributed by atoms with E-state index in [1.54, 1.807) is 13.0 Å². The Bertz CT molecular complexity index is 497. The molecule has 0 aromatic heterocycles. The lowest BCUT2D eigenvalue weighted by Crippen LogP contribution is -2.50. The van der Waals surface area contributed by atoms with Gasteiger partial charge >= 0.3 is 0 Å². The molecule has 1 saturated heterocycles. The van der Waals surface area contributed by atoms with Gasteiger partial charge in [-0.2, -0.15) is 0 Å². The van der Waals surface area contributed by atoms with Gasteiger partial charge in [0.1, 0.15) is 5.75 Å². The molecular weight excluding hydrogens is 324 g/mol. The number of hydrogen-bond donors (Lipinski definition) is 2. The van der Waals surface area contributed by atoms with Gasteiger partial charge in [-0.05, 0) is 31.5 Å². The highest BCUT2D eigenvalue weighted by atomic mass is 79.9. The lowest BCUT2D eigenvalue weighted by molar-refractivity contribution is -0.129. The third kappa shape index (κ3) is 4.23. The van der Waals surface area contributed by atoms with Crippen LogP contribution in [0, 0.1) is 0 Å². The topological polar surface area (TPSA) is 67.4 Å². The zero-order chi connectivity index (χ0) is 14.5. The molecule has 1 fully saturated rings. The zero-order valence-corrected chi connectivity index (χ0v) is 12.8. The van der Waals surface area contributed by atoms with Gasteiger partial charge in [0.15, 0.2) is 6.10 Å². The Labute approximate surface area is 126 Å². The second kappa shape index (κ2) is 6.74. The summed E-state index contributed by atoms with van der Waals surface area (Å²) >= 11 is 3.35. The quantitative estimate of drug-likeness (QED) is 0.874. The second-order valence-electron chi connectivity index (χ2n) is 4.77. The lowest BCUT2D eigenvalue weighted by Gasteiger charge is -2.25. The van der Waals surface area contributed by atoms with E-state index in [4.69, 9.17) is 4.74 Å². The van der Waals surface area contributed by atoms with Crippen molar-refractivity contribution in [3.8, 4) is 5.75 Å². The molecule has 2 rings (SSSR count). The molecule has 0 saturated carbocycles. The highest BCUT2D eigenvalue weighted by Gasteiger charge is 2.22. The summed E-state index contributed by atoms with van der Waals surface area (Å²) in [7, 11) is 0. The Hall–Kier alpha value is -1.56. The van der Waals surface area contributed by atoms with Crippen LogP contribution in [0.1, 0.15) is 19.8 Å². The van der Waals surface area contributed by atoms with Crippen LogP contribution in [0.4, 0.5) is 0 Å². The normalized spacial score (nSPS) is 19.9. The summed E-state index contributed by atoms with van der Waals surface area (Å²) in [5.74, 6) is 0.499. The Balaban J connectivity index is 1.84. The first kappa shape index (κ1) is 14.8. The fourth-order valence-electron chi connectivity index (χ4n) is 1.97. The molecular formula is C14H17BrN2O3. The van der Waals surface area contributed by atoms with Gasteiger partial charge < -0.3 is 15.4 Å².